The van der Waals surface area contributed by atoms with Crippen molar-refractivity contribution >= 4 is 46.6 Å². The second-order valence-corrected chi connectivity index (χ2v) is 8.58. The first-order valence-electron chi connectivity index (χ1n) is 9.88. The van der Waals surface area contributed by atoms with E-state index in [-0.39, 0.29) is 17.2 Å². The van der Waals surface area contributed by atoms with Gasteiger partial charge in [-0.15, -0.1) is 11.8 Å². The summed E-state index contributed by atoms with van der Waals surface area (Å²) in [6.07, 6.45) is -1.51. The van der Waals surface area contributed by atoms with Gasteiger partial charge in [0, 0.05) is 16.3 Å². The van der Waals surface area contributed by atoms with E-state index < -0.39 is 16.8 Å². The number of methoxy groups -OCH3 is 1. The van der Waals surface area contributed by atoms with Gasteiger partial charge in [0.1, 0.15) is 5.75 Å². The number of carbonyl (C=O) groups excluding carboxylic acids is 1. The molecule has 3 aromatic carbocycles. The number of hydrogen-bond acceptors (Lipinski definition) is 4. The molecule has 0 amide bonds. The molecule has 0 aliphatic rings. The van der Waals surface area contributed by atoms with Crippen LogP contribution in [0.2, 0.25) is 5.02 Å². The Labute approximate surface area is 199 Å². The molecule has 0 aliphatic carbocycles. The first-order valence-corrected chi connectivity index (χ1v) is 11.2. The molecule has 8 heteroatoms. The maximum atomic E-state index is 13.2. The van der Waals surface area contributed by atoms with Gasteiger partial charge >= 0.3 is 6.18 Å². The lowest BCUT2D eigenvalue weighted by atomic mass is 10.1. The van der Waals surface area contributed by atoms with Gasteiger partial charge in [0.15, 0.2) is 5.78 Å². The molecule has 3 rings (SSSR count). The predicted molar refractivity (Wildman–Crippen MR) is 128 cm³/mol. The lowest BCUT2D eigenvalue weighted by Crippen LogP contribution is -2.07. The number of ketones is 1. The van der Waals surface area contributed by atoms with E-state index in [0.29, 0.717) is 11.3 Å². The summed E-state index contributed by atoms with van der Waals surface area (Å²) in [5.74, 6) is 0.639. The van der Waals surface area contributed by atoms with E-state index in [9.17, 15) is 18.0 Å². The van der Waals surface area contributed by atoms with E-state index in [1.54, 1.807) is 23.9 Å². The maximum absolute atomic E-state index is 13.2. The highest BCUT2D eigenvalue weighted by Crippen LogP contribution is 2.41. The molecule has 0 atom stereocenters. The smallest absolute Gasteiger partial charge is 0.417 e. The van der Waals surface area contributed by atoms with Crippen molar-refractivity contribution in [1.29, 1.82) is 0 Å². The predicted octanol–water partition coefficient (Wildman–Crippen LogP) is 8.01. The number of nitrogens with one attached hydrogen (secondary N) is 1. The van der Waals surface area contributed by atoms with Gasteiger partial charge in [-0.05, 0) is 60.5 Å². The molecule has 1 N–H and O–H groups in total. The topological polar surface area (TPSA) is 38.3 Å². The van der Waals surface area contributed by atoms with Crippen LogP contribution in [-0.4, -0.2) is 12.9 Å². The Morgan fingerprint density at radius 3 is 2.45 bits per heavy atom. The van der Waals surface area contributed by atoms with Gasteiger partial charge in [-0.25, -0.2) is 0 Å². The Hall–Kier alpha value is -2.90. The molecule has 0 fully saturated rings. The van der Waals surface area contributed by atoms with Crippen LogP contribution in [0, 0.1) is 0 Å². The summed E-state index contributed by atoms with van der Waals surface area (Å²) < 4.78 is 44.8. The zero-order valence-electron chi connectivity index (χ0n) is 17.9. The molecule has 0 saturated heterocycles. The Morgan fingerprint density at radius 2 is 1.82 bits per heavy atom. The number of anilines is 2. The third-order valence-electron chi connectivity index (χ3n) is 4.63. The molecule has 0 heterocycles. The summed E-state index contributed by atoms with van der Waals surface area (Å²) in [5.41, 5.74) is 1.76. The van der Waals surface area contributed by atoms with Crippen LogP contribution >= 0.6 is 23.4 Å². The number of hydrogen-bond donors (Lipinski definition) is 1. The minimum atomic E-state index is -4.60. The Kier molecular flexibility index (Phi) is 8.10. The number of thioether (sulfide) groups is 1. The molecule has 0 saturated carbocycles. The van der Waals surface area contributed by atoms with Crippen molar-refractivity contribution in [3.05, 3.63) is 88.5 Å². The van der Waals surface area contributed by atoms with Crippen molar-refractivity contribution in [2.45, 2.75) is 23.7 Å². The average molecular weight is 492 g/mol. The molecule has 0 radical (unpaired) electrons. The van der Waals surface area contributed by atoms with Crippen molar-refractivity contribution in [2.24, 2.45) is 0 Å². The Balaban J connectivity index is 1.93. The van der Waals surface area contributed by atoms with Crippen molar-refractivity contribution < 1.29 is 22.7 Å². The number of rotatable bonds is 8. The highest BCUT2D eigenvalue weighted by Gasteiger charge is 2.34. The second kappa shape index (κ2) is 10.8. The van der Waals surface area contributed by atoms with Gasteiger partial charge in [-0.1, -0.05) is 41.9 Å². The fourth-order valence-electron chi connectivity index (χ4n) is 3.01. The van der Waals surface area contributed by atoms with E-state index in [1.807, 2.05) is 42.5 Å². The van der Waals surface area contributed by atoms with Crippen LogP contribution in [0.4, 0.5) is 24.5 Å². The van der Waals surface area contributed by atoms with Crippen LogP contribution in [0.5, 0.6) is 5.75 Å². The Morgan fingerprint density at radius 1 is 1.09 bits per heavy atom. The zero-order chi connectivity index (χ0) is 24.0. The lowest BCUT2D eigenvalue weighted by molar-refractivity contribution is -0.137. The summed E-state index contributed by atoms with van der Waals surface area (Å²) >= 11 is 7.53. The molecule has 0 aromatic heterocycles. The van der Waals surface area contributed by atoms with Crippen LogP contribution < -0.4 is 10.1 Å². The van der Waals surface area contributed by atoms with E-state index >= 15 is 0 Å². The largest absolute Gasteiger partial charge is 0.495 e. The number of halogens is 4. The van der Waals surface area contributed by atoms with Gasteiger partial charge in [-0.3, -0.25) is 4.79 Å². The summed E-state index contributed by atoms with van der Waals surface area (Å²) in [6.45, 7) is 1.44. The minimum absolute atomic E-state index is 0.00393. The molecule has 0 bridgehead atoms. The molecule has 3 aromatic rings. The van der Waals surface area contributed by atoms with Gasteiger partial charge < -0.3 is 10.1 Å². The van der Waals surface area contributed by atoms with Crippen LogP contribution in [-0.2, 0) is 16.7 Å². The van der Waals surface area contributed by atoms with Crippen LogP contribution in [0.3, 0.4) is 0 Å². The van der Waals surface area contributed by atoms with Gasteiger partial charge in [0.2, 0.25) is 0 Å². The quantitative estimate of drug-likeness (QED) is 0.256. The van der Waals surface area contributed by atoms with E-state index in [0.717, 1.165) is 16.7 Å². The molecule has 33 heavy (non-hydrogen) atoms. The number of allylic oxidation sites excluding steroid dienone is 1. The van der Waals surface area contributed by atoms with Gasteiger partial charge in [0.05, 0.1) is 23.4 Å². The summed E-state index contributed by atoms with van der Waals surface area (Å²) in [4.78, 5) is 12.5. The monoisotopic (exact) mass is 491 g/mol. The van der Waals surface area contributed by atoms with Crippen LogP contribution in [0.1, 0.15) is 23.6 Å². The van der Waals surface area contributed by atoms with E-state index in [1.165, 1.54) is 31.7 Å². The summed E-state index contributed by atoms with van der Waals surface area (Å²) in [5, 5.41) is 2.64. The molecule has 0 unspecified atom stereocenters. The highest BCUT2D eigenvalue weighted by atomic mass is 35.5. The average Bonchev–Trinajstić information content (AvgIpc) is 2.77. The minimum Gasteiger partial charge on any atom is -0.495 e. The number of carbonyl (C=O) groups is 1. The first kappa shape index (κ1) is 24.7. The van der Waals surface area contributed by atoms with Crippen molar-refractivity contribution in [3.8, 4) is 5.75 Å². The van der Waals surface area contributed by atoms with Crippen LogP contribution in [0.25, 0.3) is 6.08 Å². The molecule has 0 aliphatic heterocycles. The molecule has 3 nitrogen and oxygen atoms in total. The maximum Gasteiger partial charge on any atom is 0.417 e. The number of ether oxygens (including phenoxy) is 1. The molecule has 172 valence electrons. The van der Waals surface area contributed by atoms with Crippen molar-refractivity contribution in [3.63, 3.8) is 0 Å². The Bertz CT molecular complexity index is 1160. The van der Waals surface area contributed by atoms with Crippen molar-refractivity contribution in [1.82, 2.24) is 0 Å². The zero-order valence-corrected chi connectivity index (χ0v) is 19.4. The van der Waals surface area contributed by atoms with Crippen molar-refractivity contribution in [2.75, 3.05) is 12.4 Å². The summed E-state index contributed by atoms with van der Waals surface area (Å²) in [7, 11) is 1.29. The first-order chi connectivity index (χ1) is 15.7. The van der Waals surface area contributed by atoms with E-state index in [2.05, 4.69) is 5.32 Å². The lowest BCUT2D eigenvalue weighted by Gasteiger charge is -2.17. The number of benzene rings is 3. The fourth-order valence-corrected chi connectivity index (χ4v) is 4.18. The molecular formula is C25H21ClF3NO2S. The second-order valence-electron chi connectivity index (χ2n) is 7.12. The van der Waals surface area contributed by atoms with Crippen LogP contribution in [0.15, 0.2) is 71.6 Å². The van der Waals surface area contributed by atoms with Gasteiger partial charge in [0.25, 0.3) is 0 Å². The molecule has 0 spiro atoms. The standard InChI is InChI=1S/C25H21ClF3NO2S/c1-16(31)8-9-18-12-19(33-15-17-6-4-3-5-7-17)10-11-22(18)30-23-14-21(26)20(25(27,28)29)13-24(23)32-2/h3-14,30H,15H2,1-2H3/b9-8+. The molecular weight excluding hydrogens is 471 g/mol. The highest BCUT2D eigenvalue weighted by molar-refractivity contribution is 7.98. The van der Waals surface area contributed by atoms with E-state index in [4.69, 9.17) is 16.3 Å². The normalized spacial score (nSPS) is 11.6. The summed E-state index contributed by atoms with van der Waals surface area (Å²) in [6, 6.07) is 17.7. The fraction of sp³-hybridized carbons (Fsp3) is 0.160. The number of alkyl halides is 3. The third-order valence-corrected chi connectivity index (χ3v) is 6.01. The third kappa shape index (κ3) is 6.79. The SMILES string of the molecule is COc1cc(C(F)(F)F)c(Cl)cc1Nc1ccc(SCc2ccccc2)cc1/C=C/C(C)=O. The van der Waals surface area contributed by atoms with Gasteiger partial charge in [-0.2, -0.15) is 13.2 Å².